The number of piperidine rings is 1. The number of hydrogen-bond acceptors (Lipinski definition) is 5. The summed E-state index contributed by atoms with van der Waals surface area (Å²) in [7, 11) is 0. The van der Waals surface area contributed by atoms with Crippen LogP contribution in [0.2, 0.25) is 0 Å². The highest BCUT2D eigenvalue weighted by Gasteiger charge is 2.22. The predicted molar refractivity (Wildman–Crippen MR) is 90.3 cm³/mol. The second kappa shape index (κ2) is 8.15. The van der Waals surface area contributed by atoms with Crippen molar-refractivity contribution in [3.05, 3.63) is 41.5 Å². The van der Waals surface area contributed by atoms with Crippen LogP contribution in [0.3, 0.4) is 0 Å². The van der Waals surface area contributed by atoms with Crippen molar-refractivity contribution in [2.45, 2.75) is 45.3 Å². The van der Waals surface area contributed by atoms with Crippen molar-refractivity contribution in [3.63, 3.8) is 0 Å². The summed E-state index contributed by atoms with van der Waals surface area (Å²) in [6.45, 7) is 5.42. The van der Waals surface area contributed by atoms with Gasteiger partial charge in [0.15, 0.2) is 5.82 Å². The molecule has 2 aromatic rings. The van der Waals surface area contributed by atoms with Crippen molar-refractivity contribution >= 4 is 5.91 Å². The largest absolute Gasteiger partial charge is 0.349 e. The molecule has 0 saturated carbocycles. The Kier molecular flexibility index (Phi) is 5.70. The fourth-order valence-corrected chi connectivity index (χ4v) is 3.03. The second-order valence-corrected chi connectivity index (χ2v) is 6.35. The SMILES string of the molecule is CCCn1nnnc1CN1CCC(NC(=O)c2ccc(F)cc2)CC1. The van der Waals surface area contributed by atoms with Crippen LogP contribution >= 0.6 is 0 Å². The number of carbonyl (C=O) groups is 1. The Balaban J connectivity index is 1.47. The molecule has 134 valence electrons. The topological polar surface area (TPSA) is 75.9 Å². The van der Waals surface area contributed by atoms with Gasteiger partial charge >= 0.3 is 0 Å². The second-order valence-electron chi connectivity index (χ2n) is 6.35. The third kappa shape index (κ3) is 4.60. The molecule has 0 aliphatic carbocycles. The van der Waals surface area contributed by atoms with Crippen LogP contribution in [0.15, 0.2) is 24.3 Å². The summed E-state index contributed by atoms with van der Waals surface area (Å²) < 4.78 is 14.8. The van der Waals surface area contributed by atoms with Crippen LogP contribution in [-0.4, -0.2) is 50.1 Å². The lowest BCUT2D eigenvalue weighted by molar-refractivity contribution is 0.0907. The van der Waals surface area contributed by atoms with E-state index < -0.39 is 0 Å². The van der Waals surface area contributed by atoms with Gasteiger partial charge in [-0.15, -0.1) is 5.10 Å². The molecule has 8 heteroatoms. The number of tetrazole rings is 1. The number of amides is 1. The van der Waals surface area contributed by atoms with E-state index in [1.807, 2.05) is 4.68 Å². The molecule has 1 amide bonds. The molecular weight excluding hydrogens is 323 g/mol. The highest BCUT2D eigenvalue weighted by atomic mass is 19.1. The molecule has 1 fully saturated rings. The van der Waals surface area contributed by atoms with Crippen LogP contribution in [0.1, 0.15) is 42.4 Å². The van der Waals surface area contributed by atoms with E-state index in [9.17, 15) is 9.18 Å². The molecule has 0 unspecified atom stereocenters. The van der Waals surface area contributed by atoms with Gasteiger partial charge in [-0.25, -0.2) is 9.07 Å². The normalized spacial score (nSPS) is 16.1. The number of carbonyl (C=O) groups excluding carboxylic acids is 1. The van der Waals surface area contributed by atoms with Crippen LogP contribution in [0.4, 0.5) is 4.39 Å². The van der Waals surface area contributed by atoms with Gasteiger partial charge in [-0.3, -0.25) is 9.69 Å². The summed E-state index contributed by atoms with van der Waals surface area (Å²) in [5.41, 5.74) is 0.488. The minimum atomic E-state index is -0.338. The lowest BCUT2D eigenvalue weighted by Gasteiger charge is -2.31. The van der Waals surface area contributed by atoms with Gasteiger partial charge in [-0.2, -0.15) is 0 Å². The Morgan fingerprint density at radius 1 is 1.28 bits per heavy atom. The van der Waals surface area contributed by atoms with Gasteiger partial charge < -0.3 is 5.32 Å². The minimum Gasteiger partial charge on any atom is -0.349 e. The molecule has 1 saturated heterocycles. The molecule has 1 aromatic carbocycles. The summed E-state index contributed by atoms with van der Waals surface area (Å²) in [5.74, 6) is 0.399. The van der Waals surface area contributed by atoms with Crippen molar-refractivity contribution in [2.24, 2.45) is 0 Å². The molecule has 2 heterocycles. The lowest BCUT2D eigenvalue weighted by atomic mass is 10.0. The van der Waals surface area contributed by atoms with Gasteiger partial charge in [0.2, 0.25) is 0 Å². The van der Waals surface area contributed by atoms with Crippen molar-refractivity contribution < 1.29 is 9.18 Å². The first kappa shape index (κ1) is 17.5. The average molecular weight is 346 g/mol. The Morgan fingerprint density at radius 3 is 2.68 bits per heavy atom. The van der Waals surface area contributed by atoms with Crippen molar-refractivity contribution in [1.82, 2.24) is 30.4 Å². The number of halogens is 1. The lowest BCUT2D eigenvalue weighted by Crippen LogP contribution is -2.44. The number of nitrogens with one attached hydrogen (secondary N) is 1. The summed E-state index contributed by atoms with van der Waals surface area (Å²) >= 11 is 0. The van der Waals surface area contributed by atoms with Gasteiger partial charge in [0.1, 0.15) is 5.82 Å². The van der Waals surface area contributed by atoms with Crippen LogP contribution in [0, 0.1) is 5.82 Å². The van der Waals surface area contributed by atoms with Crippen molar-refractivity contribution in [1.29, 1.82) is 0 Å². The number of rotatable bonds is 6. The van der Waals surface area contributed by atoms with E-state index in [1.165, 1.54) is 24.3 Å². The highest BCUT2D eigenvalue weighted by molar-refractivity contribution is 5.94. The standard InChI is InChI=1S/C17H23FN6O/c1-2-9-24-16(20-21-22-24)12-23-10-7-15(8-11-23)19-17(25)13-3-5-14(18)6-4-13/h3-6,15H,2,7-12H2,1H3,(H,19,25). The maximum Gasteiger partial charge on any atom is 0.251 e. The van der Waals surface area contributed by atoms with Gasteiger partial charge in [0.05, 0.1) is 6.54 Å². The van der Waals surface area contributed by atoms with Gasteiger partial charge in [0.25, 0.3) is 5.91 Å². The van der Waals surface area contributed by atoms with Crippen LogP contribution < -0.4 is 5.32 Å². The number of aryl methyl sites for hydroxylation is 1. The molecule has 1 aliphatic heterocycles. The van der Waals surface area contributed by atoms with Crippen LogP contribution in [0.5, 0.6) is 0 Å². The third-order valence-corrected chi connectivity index (χ3v) is 4.44. The van der Waals surface area contributed by atoms with E-state index in [1.54, 1.807) is 0 Å². The maximum absolute atomic E-state index is 12.9. The van der Waals surface area contributed by atoms with E-state index in [2.05, 4.69) is 32.7 Å². The number of likely N-dealkylation sites (tertiary alicyclic amines) is 1. The first-order valence-corrected chi connectivity index (χ1v) is 8.69. The fraction of sp³-hybridized carbons (Fsp3) is 0.529. The van der Waals surface area contributed by atoms with E-state index in [-0.39, 0.29) is 17.8 Å². The Hall–Kier alpha value is -2.35. The molecule has 1 aromatic heterocycles. The number of aromatic nitrogens is 4. The van der Waals surface area contributed by atoms with E-state index >= 15 is 0 Å². The third-order valence-electron chi connectivity index (χ3n) is 4.44. The Labute approximate surface area is 146 Å². The Bertz CT molecular complexity index is 693. The van der Waals surface area contributed by atoms with Gasteiger partial charge in [-0.1, -0.05) is 6.92 Å². The number of hydrogen-bond donors (Lipinski definition) is 1. The molecule has 0 radical (unpaired) electrons. The fourth-order valence-electron chi connectivity index (χ4n) is 3.03. The molecule has 0 spiro atoms. The summed E-state index contributed by atoms with van der Waals surface area (Å²) in [5, 5.41) is 14.9. The van der Waals surface area contributed by atoms with E-state index in [0.29, 0.717) is 5.56 Å². The monoisotopic (exact) mass is 346 g/mol. The van der Waals surface area contributed by atoms with E-state index in [0.717, 1.165) is 51.3 Å². The van der Waals surface area contributed by atoms with Crippen LogP contribution in [-0.2, 0) is 13.1 Å². The molecular formula is C17H23FN6O. The molecule has 0 bridgehead atoms. The average Bonchev–Trinajstić information content (AvgIpc) is 3.04. The van der Waals surface area contributed by atoms with Gasteiger partial charge in [0, 0.05) is 31.2 Å². The Morgan fingerprint density at radius 2 is 2.00 bits per heavy atom. The zero-order valence-corrected chi connectivity index (χ0v) is 14.4. The van der Waals surface area contributed by atoms with Gasteiger partial charge in [-0.05, 0) is 54.0 Å². The molecule has 1 N–H and O–H groups in total. The zero-order valence-electron chi connectivity index (χ0n) is 14.4. The van der Waals surface area contributed by atoms with Crippen molar-refractivity contribution in [3.8, 4) is 0 Å². The van der Waals surface area contributed by atoms with Crippen molar-refractivity contribution in [2.75, 3.05) is 13.1 Å². The smallest absolute Gasteiger partial charge is 0.251 e. The number of benzene rings is 1. The van der Waals surface area contributed by atoms with Crippen LogP contribution in [0.25, 0.3) is 0 Å². The molecule has 3 rings (SSSR count). The summed E-state index contributed by atoms with van der Waals surface area (Å²) in [6, 6.07) is 5.76. The number of nitrogens with zero attached hydrogens (tertiary/aromatic N) is 5. The first-order chi connectivity index (χ1) is 12.2. The minimum absolute atomic E-state index is 0.139. The molecule has 1 aliphatic rings. The predicted octanol–water partition coefficient (Wildman–Crippen LogP) is 1.62. The maximum atomic E-state index is 12.9. The zero-order chi connectivity index (χ0) is 17.6. The molecule has 25 heavy (non-hydrogen) atoms. The quantitative estimate of drug-likeness (QED) is 0.860. The van der Waals surface area contributed by atoms with E-state index in [4.69, 9.17) is 0 Å². The molecule has 0 atom stereocenters. The highest BCUT2D eigenvalue weighted by Crippen LogP contribution is 2.14. The first-order valence-electron chi connectivity index (χ1n) is 8.69. The summed E-state index contributed by atoms with van der Waals surface area (Å²) in [4.78, 5) is 14.5. The molecule has 7 nitrogen and oxygen atoms in total. The summed E-state index contributed by atoms with van der Waals surface area (Å²) in [6.07, 6.45) is 2.75.